The summed E-state index contributed by atoms with van der Waals surface area (Å²) in [5.74, 6) is 0.130. The van der Waals surface area contributed by atoms with E-state index in [1.807, 2.05) is 13.0 Å². The number of rotatable bonds is 5. The van der Waals surface area contributed by atoms with E-state index >= 15 is 0 Å². The van der Waals surface area contributed by atoms with E-state index < -0.39 is 9.84 Å². The van der Waals surface area contributed by atoms with Crippen molar-refractivity contribution in [2.24, 2.45) is 0 Å². The summed E-state index contributed by atoms with van der Waals surface area (Å²) in [6, 6.07) is 3.40. The summed E-state index contributed by atoms with van der Waals surface area (Å²) in [6.07, 6.45) is 2.18. The fourth-order valence-electron chi connectivity index (χ4n) is 1.46. The molecule has 0 spiro atoms. The Bertz CT molecular complexity index is 529. The van der Waals surface area contributed by atoms with Crippen molar-refractivity contribution in [2.45, 2.75) is 39.0 Å². The minimum atomic E-state index is -3.00. The molecule has 0 amide bonds. The zero-order valence-electron chi connectivity index (χ0n) is 10.5. The maximum atomic E-state index is 11.6. The molecular weight excluding hydrogens is 238 g/mol. The van der Waals surface area contributed by atoms with Crippen LogP contribution in [0.4, 0.5) is 0 Å². The Morgan fingerprint density at radius 2 is 2.00 bits per heavy atom. The molecule has 1 rings (SSSR count). The molecule has 0 atom stereocenters. The molecule has 0 aliphatic rings. The van der Waals surface area contributed by atoms with E-state index in [0.717, 1.165) is 5.56 Å². The minimum absolute atomic E-state index is 0.0769. The Morgan fingerprint density at radius 1 is 1.35 bits per heavy atom. The highest BCUT2D eigenvalue weighted by Gasteiger charge is 2.15. The lowest BCUT2D eigenvalue weighted by molar-refractivity contribution is 0.576. The van der Waals surface area contributed by atoms with Crippen LogP contribution in [-0.2, 0) is 16.4 Å². The SMILES string of the molecule is Cc1ccn(CCCS(=O)(=O)C(C)C)c(=O)c1. The fourth-order valence-corrected chi connectivity index (χ4v) is 2.47. The van der Waals surface area contributed by atoms with Crippen LogP contribution in [0.2, 0.25) is 0 Å². The van der Waals surface area contributed by atoms with Gasteiger partial charge in [0.2, 0.25) is 0 Å². The highest BCUT2D eigenvalue weighted by molar-refractivity contribution is 7.91. The van der Waals surface area contributed by atoms with Crippen molar-refractivity contribution in [2.75, 3.05) is 5.75 Å². The van der Waals surface area contributed by atoms with Gasteiger partial charge in [0.05, 0.1) is 11.0 Å². The van der Waals surface area contributed by atoms with Crippen molar-refractivity contribution in [3.8, 4) is 0 Å². The molecule has 0 aromatic carbocycles. The van der Waals surface area contributed by atoms with E-state index in [9.17, 15) is 13.2 Å². The lowest BCUT2D eigenvalue weighted by atomic mass is 10.3. The van der Waals surface area contributed by atoms with E-state index in [-0.39, 0.29) is 16.6 Å². The van der Waals surface area contributed by atoms with Crippen LogP contribution in [-0.4, -0.2) is 24.0 Å². The van der Waals surface area contributed by atoms with Crippen molar-refractivity contribution in [3.05, 3.63) is 34.2 Å². The number of hydrogen-bond donors (Lipinski definition) is 0. The van der Waals surface area contributed by atoms with Crippen LogP contribution < -0.4 is 5.56 Å². The smallest absolute Gasteiger partial charge is 0.250 e. The number of sulfone groups is 1. The van der Waals surface area contributed by atoms with E-state index in [4.69, 9.17) is 0 Å². The molecule has 96 valence electrons. The molecular formula is C12H19NO3S. The van der Waals surface area contributed by atoms with Gasteiger partial charge in [0, 0.05) is 18.8 Å². The number of aryl methyl sites for hydroxylation is 2. The summed E-state index contributed by atoms with van der Waals surface area (Å²) in [7, 11) is -3.00. The maximum Gasteiger partial charge on any atom is 0.250 e. The van der Waals surface area contributed by atoms with E-state index in [2.05, 4.69) is 0 Å². The standard InChI is InChI=1S/C12H19NO3S/c1-10(2)17(15,16)8-4-6-13-7-5-11(3)9-12(13)14/h5,7,9-10H,4,6,8H2,1-3H3. The zero-order chi connectivity index (χ0) is 13.1. The molecule has 0 radical (unpaired) electrons. The molecule has 0 bridgehead atoms. The van der Waals surface area contributed by atoms with Crippen molar-refractivity contribution in [1.29, 1.82) is 0 Å². The number of aromatic nitrogens is 1. The summed E-state index contributed by atoms with van der Waals surface area (Å²) < 4.78 is 24.7. The Labute approximate surface area is 102 Å². The second kappa shape index (κ2) is 5.49. The molecule has 0 aliphatic carbocycles. The largest absolute Gasteiger partial charge is 0.315 e. The maximum absolute atomic E-state index is 11.6. The van der Waals surface area contributed by atoms with Crippen molar-refractivity contribution >= 4 is 9.84 Å². The Kier molecular flexibility index (Phi) is 4.51. The third-order valence-electron chi connectivity index (χ3n) is 2.70. The average molecular weight is 257 g/mol. The quantitative estimate of drug-likeness (QED) is 0.800. The first-order valence-electron chi connectivity index (χ1n) is 5.71. The Hall–Kier alpha value is -1.10. The van der Waals surface area contributed by atoms with Crippen LogP contribution in [0.15, 0.2) is 23.1 Å². The van der Waals surface area contributed by atoms with Crippen LogP contribution in [0.1, 0.15) is 25.8 Å². The average Bonchev–Trinajstić information content (AvgIpc) is 2.21. The lowest BCUT2D eigenvalue weighted by Gasteiger charge is -2.08. The molecule has 0 N–H and O–H groups in total. The number of hydrogen-bond acceptors (Lipinski definition) is 3. The van der Waals surface area contributed by atoms with Gasteiger partial charge in [-0.25, -0.2) is 8.42 Å². The van der Waals surface area contributed by atoms with E-state index in [1.165, 1.54) is 0 Å². The molecule has 0 fully saturated rings. The van der Waals surface area contributed by atoms with Crippen molar-refractivity contribution in [1.82, 2.24) is 4.57 Å². The Morgan fingerprint density at radius 3 is 2.53 bits per heavy atom. The third kappa shape index (κ3) is 4.00. The molecule has 0 aliphatic heterocycles. The van der Waals surface area contributed by atoms with Gasteiger partial charge in [-0.15, -0.1) is 0 Å². The molecule has 4 nitrogen and oxygen atoms in total. The van der Waals surface area contributed by atoms with E-state index in [0.29, 0.717) is 13.0 Å². The molecule has 0 saturated carbocycles. The summed E-state index contributed by atoms with van der Waals surface area (Å²) in [5.41, 5.74) is 0.841. The van der Waals surface area contributed by atoms with Crippen LogP contribution >= 0.6 is 0 Å². The first-order chi connectivity index (χ1) is 7.83. The van der Waals surface area contributed by atoms with Crippen LogP contribution in [0.3, 0.4) is 0 Å². The topological polar surface area (TPSA) is 56.1 Å². The second-order valence-corrected chi connectivity index (χ2v) is 7.18. The Balaban J connectivity index is 2.61. The fraction of sp³-hybridized carbons (Fsp3) is 0.583. The second-order valence-electron chi connectivity index (χ2n) is 4.51. The van der Waals surface area contributed by atoms with Crippen LogP contribution in [0, 0.1) is 6.92 Å². The van der Waals surface area contributed by atoms with Gasteiger partial charge in [-0.2, -0.15) is 0 Å². The first-order valence-corrected chi connectivity index (χ1v) is 7.43. The predicted molar refractivity (Wildman–Crippen MR) is 69.0 cm³/mol. The van der Waals surface area contributed by atoms with Crippen molar-refractivity contribution in [3.63, 3.8) is 0 Å². The van der Waals surface area contributed by atoms with Crippen molar-refractivity contribution < 1.29 is 8.42 Å². The van der Waals surface area contributed by atoms with Gasteiger partial charge in [0.15, 0.2) is 9.84 Å². The highest BCUT2D eigenvalue weighted by Crippen LogP contribution is 2.03. The molecule has 17 heavy (non-hydrogen) atoms. The highest BCUT2D eigenvalue weighted by atomic mass is 32.2. The number of nitrogens with zero attached hydrogens (tertiary/aromatic N) is 1. The van der Waals surface area contributed by atoms with Gasteiger partial charge < -0.3 is 4.57 Å². The van der Waals surface area contributed by atoms with Gasteiger partial charge in [0.1, 0.15) is 0 Å². The summed E-state index contributed by atoms with van der Waals surface area (Å²) in [5, 5.41) is -0.350. The monoisotopic (exact) mass is 257 g/mol. The van der Waals surface area contributed by atoms with Gasteiger partial charge in [-0.3, -0.25) is 4.79 Å². The minimum Gasteiger partial charge on any atom is -0.315 e. The van der Waals surface area contributed by atoms with Gasteiger partial charge in [-0.05, 0) is 38.8 Å². The van der Waals surface area contributed by atoms with Crippen LogP contribution in [0.5, 0.6) is 0 Å². The predicted octanol–water partition coefficient (Wildman–Crippen LogP) is 1.37. The van der Waals surface area contributed by atoms with Gasteiger partial charge >= 0.3 is 0 Å². The normalized spacial score (nSPS) is 12.0. The van der Waals surface area contributed by atoms with Gasteiger partial charge in [-0.1, -0.05) is 0 Å². The zero-order valence-corrected chi connectivity index (χ0v) is 11.3. The van der Waals surface area contributed by atoms with Crippen LogP contribution in [0.25, 0.3) is 0 Å². The summed E-state index contributed by atoms with van der Waals surface area (Å²) in [4.78, 5) is 11.5. The molecule has 1 aromatic rings. The molecule has 1 aromatic heterocycles. The number of pyridine rings is 1. The first kappa shape index (κ1) is 14.0. The summed E-state index contributed by atoms with van der Waals surface area (Å²) >= 11 is 0. The lowest BCUT2D eigenvalue weighted by Crippen LogP contribution is -2.22. The van der Waals surface area contributed by atoms with Gasteiger partial charge in [0.25, 0.3) is 5.56 Å². The summed E-state index contributed by atoms with van der Waals surface area (Å²) in [6.45, 7) is 5.65. The molecule has 0 saturated heterocycles. The third-order valence-corrected chi connectivity index (χ3v) is 4.99. The molecule has 1 heterocycles. The van der Waals surface area contributed by atoms with E-state index in [1.54, 1.807) is 30.7 Å². The molecule has 0 unspecified atom stereocenters. The molecule has 5 heteroatoms.